The molecule has 0 amide bonds. The first-order valence-electron chi connectivity index (χ1n) is 7.18. The maximum atomic E-state index is 13.0. The Kier molecular flexibility index (Phi) is 4.62. The monoisotopic (exact) mass is 345 g/mol. The van der Waals surface area contributed by atoms with E-state index in [9.17, 15) is 9.18 Å². The van der Waals surface area contributed by atoms with Crippen molar-refractivity contribution in [2.75, 3.05) is 0 Å². The zero-order valence-electron chi connectivity index (χ0n) is 12.8. The molecular formula is C18H13ClFNO3. The van der Waals surface area contributed by atoms with Crippen LogP contribution < -0.4 is 0 Å². The molecule has 122 valence electrons. The maximum Gasteiger partial charge on any atom is 0.340 e. The van der Waals surface area contributed by atoms with Crippen LogP contribution in [0.15, 0.2) is 52.9 Å². The van der Waals surface area contributed by atoms with Crippen LogP contribution in [0.5, 0.6) is 0 Å². The van der Waals surface area contributed by atoms with Gasteiger partial charge in [-0.1, -0.05) is 29.8 Å². The van der Waals surface area contributed by atoms with Crippen LogP contribution >= 0.6 is 11.6 Å². The summed E-state index contributed by atoms with van der Waals surface area (Å²) in [4.78, 5) is 16.4. The van der Waals surface area contributed by atoms with E-state index < -0.39 is 11.8 Å². The van der Waals surface area contributed by atoms with E-state index in [4.69, 9.17) is 20.8 Å². The topological polar surface area (TPSA) is 52.3 Å². The molecular weight excluding hydrogens is 333 g/mol. The Morgan fingerprint density at radius 2 is 2.00 bits per heavy atom. The third-order valence-electron chi connectivity index (χ3n) is 3.40. The zero-order chi connectivity index (χ0) is 17.1. The molecule has 0 atom stereocenters. The average Bonchev–Trinajstić information content (AvgIpc) is 2.94. The second kappa shape index (κ2) is 6.84. The van der Waals surface area contributed by atoms with Gasteiger partial charge in [-0.15, -0.1) is 0 Å². The zero-order valence-corrected chi connectivity index (χ0v) is 13.5. The molecule has 0 aliphatic carbocycles. The first-order valence-corrected chi connectivity index (χ1v) is 7.56. The Morgan fingerprint density at radius 1 is 1.25 bits per heavy atom. The number of ether oxygens (including phenoxy) is 1. The molecule has 0 N–H and O–H groups in total. The van der Waals surface area contributed by atoms with E-state index in [1.807, 2.05) is 30.3 Å². The summed E-state index contributed by atoms with van der Waals surface area (Å²) in [6.45, 7) is 1.68. The van der Waals surface area contributed by atoms with Gasteiger partial charge in [0.1, 0.15) is 23.9 Å². The maximum absolute atomic E-state index is 13.0. The number of carbonyl (C=O) groups excluding carboxylic acids is 1. The van der Waals surface area contributed by atoms with Gasteiger partial charge in [-0.25, -0.2) is 14.2 Å². The summed E-state index contributed by atoms with van der Waals surface area (Å²) >= 11 is 5.85. The Labute approximate surface area is 142 Å². The summed E-state index contributed by atoms with van der Waals surface area (Å²) in [6.07, 6.45) is 0. The van der Waals surface area contributed by atoms with Crippen molar-refractivity contribution in [2.24, 2.45) is 0 Å². The van der Waals surface area contributed by atoms with Crippen LogP contribution in [0, 0.1) is 12.7 Å². The van der Waals surface area contributed by atoms with Gasteiger partial charge in [-0.2, -0.15) is 0 Å². The molecule has 1 aromatic heterocycles. The van der Waals surface area contributed by atoms with Crippen molar-refractivity contribution in [3.63, 3.8) is 0 Å². The molecule has 3 aromatic rings. The molecule has 0 aliphatic heterocycles. The molecule has 0 aliphatic rings. The fourth-order valence-corrected chi connectivity index (χ4v) is 2.38. The average molecular weight is 346 g/mol. The molecule has 0 saturated carbocycles. The number of aromatic nitrogens is 1. The molecule has 0 fully saturated rings. The van der Waals surface area contributed by atoms with Crippen molar-refractivity contribution in [1.82, 2.24) is 4.98 Å². The first kappa shape index (κ1) is 16.2. The number of hydrogen-bond donors (Lipinski definition) is 0. The predicted molar refractivity (Wildman–Crippen MR) is 87.2 cm³/mol. The number of halogens is 2. The number of esters is 1. The second-order valence-electron chi connectivity index (χ2n) is 5.09. The van der Waals surface area contributed by atoms with Gasteiger partial charge in [-0.3, -0.25) is 0 Å². The highest BCUT2D eigenvalue weighted by Crippen LogP contribution is 2.23. The van der Waals surface area contributed by atoms with Crippen LogP contribution in [-0.2, 0) is 11.3 Å². The van der Waals surface area contributed by atoms with E-state index in [0.717, 1.165) is 17.7 Å². The fraction of sp³-hybridized carbons (Fsp3) is 0.111. The van der Waals surface area contributed by atoms with Crippen molar-refractivity contribution in [1.29, 1.82) is 0 Å². The minimum Gasteiger partial charge on any atom is -0.455 e. The van der Waals surface area contributed by atoms with E-state index in [0.29, 0.717) is 17.3 Å². The summed E-state index contributed by atoms with van der Waals surface area (Å²) in [7, 11) is 0. The van der Waals surface area contributed by atoms with E-state index in [-0.39, 0.29) is 17.2 Å². The SMILES string of the molecule is Cc1oc(-c2ccccc2)nc1COC(=O)c1ccc(F)cc1Cl. The quantitative estimate of drug-likeness (QED) is 0.637. The van der Waals surface area contributed by atoms with Gasteiger partial charge in [0.2, 0.25) is 5.89 Å². The van der Waals surface area contributed by atoms with E-state index >= 15 is 0 Å². The number of hydrogen-bond acceptors (Lipinski definition) is 4. The number of carbonyl (C=O) groups is 1. The molecule has 24 heavy (non-hydrogen) atoms. The Morgan fingerprint density at radius 3 is 2.71 bits per heavy atom. The van der Waals surface area contributed by atoms with Crippen molar-refractivity contribution in [3.8, 4) is 11.5 Å². The normalized spacial score (nSPS) is 10.6. The number of benzene rings is 2. The smallest absolute Gasteiger partial charge is 0.340 e. The van der Waals surface area contributed by atoms with E-state index in [1.165, 1.54) is 6.07 Å². The van der Waals surface area contributed by atoms with E-state index in [1.54, 1.807) is 6.92 Å². The van der Waals surface area contributed by atoms with Gasteiger partial charge >= 0.3 is 5.97 Å². The largest absolute Gasteiger partial charge is 0.455 e. The summed E-state index contributed by atoms with van der Waals surface area (Å²) in [5.74, 6) is -0.147. The van der Waals surface area contributed by atoms with Crippen LogP contribution in [-0.4, -0.2) is 11.0 Å². The molecule has 1 heterocycles. The second-order valence-corrected chi connectivity index (χ2v) is 5.50. The molecule has 0 unspecified atom stereocenters. The molecule has 4 nitrogen and oxygen atoms in total. The highest BCUT2D eigenvalue weighted by Gasteiger charge is 2.16. The van der Waals surface area contributed by atoms with Crippen LogP contribution in [0.4, 0.5) is 4.39 Å². The van der Waals surface area contributed by atoms with E-state index in [2.05, 4.69) is 4.98 Å². The Hall–Kier alpha value is -2.66. The third kappa shape index (κ3) is 3.46. The number of rotatable bonds is 4. The van der Waals surface area contributed by atoms with Gasteiger partial charge in [0.05, 0.1) is 10.6 Å². The van der Waals surface area contributed by atoms with Crippen molar-refractivity contribution in [2.45, 2.75) is 13.5 Å². The lowest BCUT2D eigenvalue weighted by Crippen LogP contribution is -2.07. The number of aryl methyl sites for hydroxylation is 1. The lowest BCUT2D eigenvalue weighted by atomic mass is 10.2. The summed E-state index contributed by atoms with van der Waals surface area (Å²) in [5, 5.41) is 0.00171. The highest BCUT2D eigenvalue weighted by molar-refractivity contribution is 6.33. The standard InChI is InChI=1S/C18H13ClFNO3/c1-11-16(21-17(24-11)12-5-3-2-4-6-12)10-23-18(22)14-8-7-13(20)9-15(14)19/h2-9H,10H2,1H3. The van der Waals surface area contributed by atoms with Crippen LogP contribution in [0.2, 0.25) is 5.02 Å². The lowest BCUT2D eigenvalue weighted by molar-refractivity contribution is 0.0467. The molecule has 0 radical (unpaired) electrons. The highest BCUT2D eigenvalue weighted by atomic mass is 35.5. The molecule has 0 bridgehead atoms. The van der Waals surface area contributed by atoms with Crippen LogP contribution in [0.3, 0.4) is 0 Å². The molecule has 3 rings (SSSR count). The van der Waals surface area contributed by atoms with Crippen LogP contribution in [0.1, 0.15) is 21.8 Å². The van der Waals surface area contributed by atoms with Crippen molar-refractivity contribution >= 4 is 17.6 Å². The Bertz CT molecular complexity index is 877. The van der Waals surface area contributed by atoms with Gasteiger partial charge in [0.25, 0.3) is 0 Å². The summed E-state index contributed by atoms with van der Waals surface area (Å²) < 4.78 is 23.8. The Balaban J connectivity index is 1.73. The molecule has 0 spiro atoms. The predicted octanol–water partition coefficient (Wildman–Crippen LogP) is 4.80. The van der Waals surface area contributed by atoms with Gasteiger partial charge in [-0.05, 0) is 37.3 Å². The summed E-state index contributed by atoms with van der Waals surface area (Å²) in [6, 6.07) is 12.9. The number of oxazole rings is 1. The van der Waals surface area contributed by atoms with Gasteiger partial charge in [0, 0.05) is 5.56 Å². The third-order valence-corrected chi connectivity index (χ3v) is 3.72. The fourth-order valence-electron chi connectivity index (χ4n) is 2.13. The summed E-state index contributed by atoms with van der Waals surface area (Å²) in [5.41, 5.74) is 1.45. The van der Waals surface area contributed by atoms with Crippen molar-refractivity contribution < 1.29 is 18.3 Å². The van der Waals surface area contributed by atoms with Crippen molar-refractivity contribution in [3.05, 3.63) is 76.4 Å². The lowest BCUT2D eigenvalue weighted by Gasteiger charge is -2.05. The molecule has 2 aromatic carbocycles. The van der Waals surface area contributed by atoms with Gasteiger partial charge < -0.3 is 9.15 Å². The molecule has 0 saturated heterocycles. The minimum atomic E-state index is -0.649. The van der Waals surface area contributed by atoms with Crippen LogP contribution in [0.25, 0.3) is 11.5 Å². The minimum absolute atomic E-state index is 0.00171. The first-order chi connectivity index (χ1) is 11.5. The molecule has 6 heteroatoms. The van der Waals surface area contributed by atoms with Gasteiger partial charge in [0.15, 0.2) is 0 Å². The number of nitrogens with zero attached hydrogens (tertiary/aromatic N) is 1.